The van der Waals surface area contributed by atoms with Gasteiger partial charge in [-0.1, -0.05) is 6.07 Å². The van der Waals surface area contributed by atoms with Crippen LogP contribution in [0.2, 0.25) is 0 Å². The van der Waals surface area contributed by atoms with Crippen LogP contribution in [0.25, 0.3) is 5.69 Å². The minimum atomic E-state index is -0.468. The number of rotatable bonds is 6. The fourth-order valence-corrected chi connectivity index (χ4v) is 2.57. The van der Waals surface area contributed by atoms with Crippen LogP contribution in [-0.2, 0) is 4.79 Å². The molecule has 2 N–H and O–H groups in total. The SMILES string of the molecule is CCOc1cn(-c2ccc(F)cc2)nc1C(=O)Nc1cccc(NC(C)=O)c1. The molecule has 2 aromatic carbocycles. The first-order chi connectivity index (χ1) is 13.5. The van der Waals surface area contributed by atoms with Crippen LogP contribution in [0.3, 0.4) is 0 Å². The molecule has 3 rings (SSSR count). The predicted octanol–water partition coefficient (Wildman–Crippen LogP) is 3.62. The van der Waals surface area contributed by atoms with E-state index in [0.717, 1.165) is 0 Å². The van der Waals surface area contributed by atoms with Crippen molar-refractivity contribution in [2.75, 3.05) is 17.2 Å². The Hall–Kier alpha value is -3.68. The highest BCUT2D eigenvalue weighted by molar-refractivity contribution is 6.05. The molecule has 2 amide bonds. The fourth-order valence-electron chi connectivity index (χ4n) is 2.57. The van der Waals surface area contributed by atoms with Crippen LogP contribution in [-0.4, -0.2) is 28.2 Å². The van der Waals surface area contributed by atoms with Gasteiger partial charge in [-0.2, -0.15) is 5.10 Å². The maximum Gasteiger partial charge on any atom is 0.280 e. The van der Waals surface area contributed by atoms with Crippen LogP contribution < -0.4 is 15.4 Å². The molecule has 7 nitrogen and oxygen atoms in total. The van der Waals surface area contributed by atoms with Gasteiger partial charge in [-0.25, -0.2) is 9.07 Å². The van der Waals surface area contributed by atoms with E-state index in [1.165, 1.54) is 23.7 Å². The van der Waals surface area contributed by atoms with E-state index in [1.807, 2.05) is 0 Å². The highest BCUT2D eigenvalue weighted by Gasteiger charge is 2.19. The van der Waals surface area contributed by atoms with Crippen LogP contribution in [0.4, 0.5) is 15.8 Å². The van der Waals surface area contributed by atoms with E-state index in [4.69, 9.17) is 4.74 Å². The van der Waals surface area contributed by atoms with Gasteiger partial charge in [0.1, 0.15) is 5.82 Å². The third-order valence-electron chi connectivity index (χ3n) is 3.73. The van der Waals surface area contributed by atoms with E-state index >= 15 is 0 Å². The lowest BCUT2D eigenvalue weighted by molar-refractivity contribution is -0.114. The first-order valence-corrected chi connectivity index (χ1v) is 8.63. The summed E-state index contributed by atoms with van der Waals surface area (Å²) in [6.45, 7) is 3.56. The zero-order chi connectivity index (χ0) is 20.1. The summed E-state index contributed by atoms with van der Waals surface area (Å²) in [6, 6.07) is 12.5. The molecule has 8 heteroatoms. The molecule has 1 aromatic heterocycles. The zero-order valence-electron chi connectivity index (χ0n) is 15.4. The standard InChI is InChI=1S/C20H19FN4O3/c1-3-28-18-12-25(17-9-7-14(21)8-10-17)24-19(18)20(27)23-16-6-4-5-15(11-16)22-13(2)26/h4-12H,3H2,1-2H3,(H,22,26)(H,23,27). The number of hydrogen-bond acceptors (Lipinski definition) is 4. The number of benzene rings is 2. The summed E-state index contributed by atoms with van der Waals surface area (Å²) in [5.74, 6) is -0.732. The lowest BCUT2D eigenvalue weighted by Crippen LogP contribution is -2.15. The van der Waals surface area contributed by atoms with Crippen molar-refractivity contribution in [1.29, 1.82) is 0 Å². The van der Waals surface area contributed by atoms with E-state index in [1.54, 1.807) is 49.5 Å². The Morgan fingerprint density at radius 3 is 2.43 bits per heavy atom. The Bertz CT molecular complexity index is 999. The Morgan fingerprint density at radius 2 is 1.79 bits per heavy atom. The van der Waals surface area contributed by atoms with Gasteiger partial charge in [-0.15, -0.1) is 0 Å². The molecule has 1 heterocycles. The van der Waals surface area contributed by atoms with Crippen molar-refractivity contribution >= 4 is 23.2 Å². The third-order valence-corrected chi connectivity index (χ3v) is 3.73. The van der Waals surface area contributed by atoms with Gasteiger partial charge in [0.15, 0.2) is 11.4 Å². The van der Waals surface area contributed by atoms with Crippen LogP contribution in [0, 0.1) is 5.82 Å². The Labute approximate surface area is 161 Å². The Morgan fingerprint density at radius 1 is 1.11 bits per heavy atom. The topological polar surface area (TPSA) is 85.2 Å². The third kappa shape index (κ3) is 4.53. The number of hydrogen-bond donors (Lipinski definition) is 2. The summed E-state index contributed by atoms with van der Waals surface area (Å²) in [5.41, 5.74) is 1.74. The Kier molecular flexibility index (Phi) is 5.69. The first kappa shape index (κ1) is 19.1. The molecule has 0 fully saturated rings. The van der Waals surface area contributed by atoms with Gasteiger partial charge in [0.05, 0.1) is 18.5 Å². The van der Waals surface area contributed by atoms with Gasteiger partial charge < -0.3 is 15.4 Å². The number of carbonyl (C=O) groups is 2. The molecule has 0 aliphatic rings. The second-order valence-corrected chi connectivity index (χ2v) is 5.91. The lowest BCUT2D eigenvalue weighted by atomic mass is 10.2. The van der Waals surface area contributed by atoms with E-state index in [-0.39, 0.29) is 17.4 Å². The molecule has 0 atom stereocenters. The average Bonchev–Trinajstić information content (AvgIpc) is 3.06. The number of amides is 2. The van der Waals surface area contributed by atoms with Crippen molar-refractivity contribution in [3.8, 4) is 11.4 Å². The number of nitrogens with one attached hydrogen (secondary N) is 2. The molecule has 0 saturated heterocycles. The number of halogens is 1. The van der Waals surface area contributed by atoms with E-state index in [2.05, 4.69) is 15.7 Å². The number of aromatic nitrogens is 2. The molecule has 0 radical (unpaired) electrons. The Balaban J connectivity index is 1.86. The summed E-state index contributed by atoms with van der Waals surface area (Å²) in [5, 5.41) is 9.68. The summed E-state index contributed by atoms with van der Waals surface area (Å²) in [4.78, 5) is 23.9. The van der Waals surface area contributed by atoms with Crippen LogP contribution in [0.15, 0.2) is 54.7 Å². The molecular formula is C20H19FN4O3. The fraction of sp³-hybridized carbons (Fsp3) is 0.150. The van der Waals surface area contributed by atoms with Crippen molar-refractivity contribution in [3.05, 3.63) is 66.2 Å². The van der Waals surface area contributed by atoms with E-state index < -0.39 is 5.91 Å². The van der Waals surface area contributed by atoms with E-state index in [0.29, 0.717) is 29.4 Å². The molecule has 0 bridgehead atoms. The lowest BCUT2D eigenvalue weighted by Gasteiger charge is -2.08. The minimum Gasteiger partial charge on any atom is -0.490 e. The number of nitrogens with zero attached hydrogens (tertiary/aromatic N) is 2. The quantitative estimate of drug-likeness (QED) is 0.682. The molecule has 0 saturated carbocycles. The molecular weight excluding hydrogens is 363 g/mol. The van der Waals surface area contributed by atoms with Gasteiger partial charge in [0.2, 0.25) is 5.91 Å². The summed E-state index contributed by atoms with van der Waals surface area (Å²) >= 11 is 0. The molecule has 0 unspecified atom stereocenters. The van der Waals surface area contributed by atoms with E-state index in [9.17, 15) is 14.0 Å². The average molecular weight is 382 g/mol. The second-order valence-electron chi connectivity index (χ2n) is 5.91. The number of carbonyl (C=O) groups excluding carboxylic acids is 2. The van der Waals surface area contributed by atoms with Gasteiger partial charge in [0, 0.05) is 18.3 Å². The van der Waals surface area contributed by atoms with Gasteiger partial charge in [-0.3, -0.25) is 9.59 Å². The smallest absolute Gasteiger partial charge is 0.280 e. The zero-order valence-corrected chi connectivity index (χ0v) is 15.4. The van der Waals surface area contributed by atoms with Crippen LogP contribution >= 0.6 is 0 Å². The summed E-state index contributed by atoms with van der Waals surface area (Å²) in [7, 11) is 0. The van der Waals surface area contributed by atoms with Gasteiger partial charge in [0.25, 0.3) is 5.91 Å². The largest absolute Gasteiger partial charge is 0.490 e. The van der Waals surface area contributed by atoms with Crippen LogP contribution in [0.1, 0.15) is 24.3 Å². The van der Waals surface area contributed by atoms with Gasteiger partial charge >= 0.3 is 0 Å². The molecule has 0 aliphatic carbocycles. The van der Waals surface area contributed by atoms with Crippen molar-refractivity contribution in [2.24, 2.45) is 0 Å². The molecule has 0 aliphatic heterocycles. The van der Waals surface area contributed by atoms with Crippen molar-refractivity contribution < 1.29 is 18.7 Å². The first-order valence-electron chi connectivity index (χ1n) is 8.63. The minimum absolute atomic E-state index is 0.0936. The summed E-state index contributed by atoms with van der Waals surface area (Å²) in [6.07, 6.45) is 1.57. The normalized spacial score (nSPS) is 10.4. The van der Waals surface area contributed by atoms with Crippen molar-refractivity contribution in [1.82, 2.24) is 9.78 Å². The second kappa shape index (κ2) is 8.34. The molecule has 144 valence electrons. The maximum atomic E-state index is 13.1. The monoisotopic (exact) mass is 382 g/mol. The molecule has 28 heavy (non-hydrogen) atoms. The van der Waals surface area contributed by atoms with Crippen LogP contribution in [0.5, 0.6) is 5.75 Å². The summed E-state index contributed by atoms with van der Waals surface area (Å²) < 4.78 is 20.1. The number of ether oxygens (including phenoxy) is 1. The maximum absolute atomic E-state index is 13.1. The molecule has 0 spiro atoms. The number of anilines is 2. The predicted molar refractivity (Wildman–Crippen MR) is 103 cm³/mol. The highest BCUT2D eigenvalue weighted by Crippen LogP contribution is 2.22. The van der Waals surface area contributed by atoms with Crippen molar-refractivity contribution in [2.45, 2.75) is 13.8 Å². The highest BCUT2D eigenvalue weighted by atomic mass is 19.1. The van der Waals surface area contributed by atoms with Gasteiger partial charge in [-0.05, 0) is 49.4 Å². The molecule has 3 aromatic rings. The van der Waals surface area contributed by atoms with Crippen molar-refractivity contribution in [3.63, 3.8) is 0 Å².